The molecule has 2 aromatic heterocycles. The molecule has 0 aliphatic carbocycles. The van der Waals surface area contributed by atoms with Crippen molar-refractivity contribution in [3.8, 4) is 0 Å². The number of nitrogens with zero attached hydrogens (tertiary/aromatic N) is 3. The summed E-state index contributed by atoms with van der Waals surface area (Å²) in [6, 6.07) is -0.203. The van der Waals surface area contributed by atoms with Crippen molar-refractivity contribution in [2.24, 2.45) is 0 Å². The monoisotopic (exact) mass is 344 g/mol. The summed E-state index contributed by atoms with van der Waals surface area (Å²) in [5.74, 6) is -0.00539. The molecule has 1 aliphatic rings. The highest BCUT2D eigenvalue weighted by atomic mass is 31.2. The van der Waals surface area contributed by atoms with Gasteiger partial charge in [-0.25, -0.2) is 4.98 Å². The van der Waals surface area contributed by atoms with E-state index >= 15 is 0 Å². The number of anilines is 1. The highest BCUT2D eigenvalue weighted by Crippen LogP contribution is 2.34. The van der Waals surface area contributed by atoms with Crippen LogP contribution < -0.4 is 16.6 Å². The van der Waals surface area contributed by atoms with Gasteiger partial charge in [-0.3, -0.25) is 14.3 Å². The van der Waals surface area contributed by atoms with Crippen LogP contribution in [0.4, 0.5) is 5.95 Å². The number of aromatic amines is 1. The van der Waals surface area contributed by atoms with Crippen LogP contribution in [0.1, 0.15) is 6.04 Å². The summed E-state index contributed by atoms with van der Waals surface area (Å²) in [6.45, 7) is 1.01. The molecule has 0 bridgehead atoms. The lowest BCUT2D eigenvalue weighted by atomic mass is 10.2. The van der Waals surface area contributed by atoms with Gasteiger partial charge in [-0.15, -0.1) is 0 Å². The maximum Gasteiger partial charge on any atom is 0.327 e. The smallest absolute Gasteiger partial charge is 0.327 e. The fraction of sp³-hybridized carbons (Fsp3) is 0.545. The molecule has 0 saturated carbocycles. The Morgan fingerprint density at radius 2 is 2.26 bits per heavy atom. The normalized spacial score (nSPS) is 22.0. The summed E-state index contributed by atoms with van der Waals surface area (Å²) in [5.41, 5.74) is 5.68. The molecule has 23 heavy (non-hydrogen) atoms. The van der Waals surface area contributed by atoms with E-state index in [1.807, 2.05) is 0 Å². The lowest BCUT2D eigenvalue weighted by molar-refractivity contribution is 0.0504. The van der Waals surface area contributed by atoms with E-state index in [9.17, 15) is 9.36 Å². The van der Waals surface area contributed by atoms with Crippen molar-refractivity contribution < 1.29 is 19.1 Å². The topological polar surface area (TPSA) is 168 Å². The zero-order valence-electron chi connectivity index (χ0n) is 12.0. The number of nitrogens with two attached hydrogens (primary N) is 1. The van der Waals surface area contributed by atoms with E-state index in [1.165, 1.54) is 6.33 Å². The van der Waals surface area contributed by atoms with E-state index in [0.717, 1.165) is 0 Å². The zero-order valence-corrected chi connectivity index (χ0v) is 12.9. The Kier molecular flexibility index (Phi) is 4.21. The summed E-state index contributed by atoms with van der Waals surface area (Å²) in [5, 5.41) is 3.14. The van der Waals surface area contributed by atoms with Gasteiger partial charge in [0, 0.05) is 13.1 Å². The zero-order chi connectivity index (χ0) is 16.6. The predicted octanol–water partition coefficient (Wildman–Crippen LogP) is -1.59. The second-order valence-corrected chi connectivity index (χ2v) is 7.07. The number of imidazole rings is 1. The molecule has 1 aliphatic heterocycles. The van der Waals surface area contributed by atoms with Crippen molar-refractivity contribution in [2.45, 2.75) is 12.1 Å². The number of fused-ring (bicyclic) bond motifs is 1. The number of rotatable bonds is 5. The molecule has 11 nitrogen and oxygen atoms in total. The Hall–Kier alpha value is -1.78. The second kappa shape index (κ2) is 6.02. The minimum Gasteiger partial charge on any atom is -0.374 e. The molecule has 0 amide bonds. The summed E-state index contributed by atoms with van der Waals surface area (Å²) in [6.07, 6.45) is 0.830. The summed E-state index contributed by atoms with van der Waals surface area (Å²) in [7, 11) is -4.09. The number of hydrogen-bond donors (Lipinski definition) is 5. The number of nitrogen functional groups attached to an aromatic ring is 1. The van der Waals surface area contributed by atoms with Gasteiger partial charge in [0.25, 0.3) is 5.56 Å². The Morgan fingerprint density at radius 3 is 3.00 bits per heavy atom. The fourth-order valence-electron chi connectivity index (χ4n) is 2.60. The minimum atomic E-state index is -4.09. The minimum absolute atomic E-state index is 0.00539. The first-order chi connectivity index (χ1) is 10.8. The van der Waals surface area contributed by atoms with Gasteiger partial charge in [0.05, 0.1) is 31.2 Å². The van der Waals surface area contributed by atoms with Crippen LogP contribution in [-0.2, 0) is 9.30 Å². The molecule has 0 aromatic carbocycles. The van der Waals surface area contributed by atoms with E-state index in [1.54, 1.807) is 4.57 Å². The molecule has 1 fully saturated rings. The fourth-order valence-corrected chi connectivity index (χ4v) is 2.94. The van der Waals surface area contributed by atoms with Crippen molar-refractivity contribution in [3.63, 3.8) is 0 Å². The molecular formula is C11H17N6O5P. The lowest BCUT2D eigenvalue weighted by Gasteiger charge is -2.21. The van der Waals surface area contributed by atoms with Crippen LogP contribution in [0.25, 0.3) is 11.2 Å². The van der Waals surface area contributed by atoms with Crippen LogP contribution in [-0.4, -0.2) is 61.3 Å². The van der Waals surface area contributed by atoms with Crippen LogP contribution in [0.15, 0.2) is 11.1 Å². The van der Waals surface area contributed by atoms with Gasteiger partial charge < -0.3 is 30.1 Å². The summed E-state index contributed by atoms with van der Waals surface area (Å²) < 4.78 is 18.2. The Bertz CT molecular complexity index is 813. The van der Waals surface area contributed by atoms with Gasteiger partial charge in [0.1, 0.15) is 0 Å². The lowest BCUT2D eigenvalue weighted by Crippen LogP contribution is -2.27. The highest BCUT2D eigenvalue weighted by molar-refractivity contribution is 7.51. The average molecular weight is 344 g/mol. The molecule has 126 valence electrons. The third-order valence-corrected chi connectivity index (χ3v) is 4.42. The van der Waals surface area contributed by atoms with E-state index in [0.29, 0.717) is 18.7 Å². The summed E-state index contributed by atoms with van der Waals surface area (Å²) in [4.78, 5) is 40.1. The van der Waals surface area contributed by atoms with Crippen molar-refractivity contribution in [2.75, 3.05) is 31.6 Å². The maximum absolute atomic E-state index is 11.8. The standard InChI is InChI=1S/C11H17N6O5P/c12-11-15-9-8(10(18)16-11)14-5-17(9)6-3-13-4-7(6)22-1-2-23(19,20)21/h5-7,13H,1-4H2,(H2,19,20,21)(H3,12,15,16,18)/t6?,7-/m1/s1. The maximum atomic E-state index is 11.8. The van der Waals surface area contributed by atoms with Gasteiger partial charge in [-0.05, 0) is 0 Å². The van der Waals surface area contributed by atoms with Gasteiger partial charge >= 0.3 is 7.60 Å². The Labute approximate surface area is 130 Å². The molecule has 0 radical (unpaired) electrons. The molecule has 2 atom stereocenters. The number of aromatic nitrogens is 4. The molecule has 6 N–H and O–H groups in total. The van der Waals surface area contributed by atoms with Gasteiger partial charge in [-0.1, -0.05) is 0 Å². The first kappa shape index (κ1) is 16.1. The van der Waals surface area contributed by atoms with Gasteiger partial charge in [0.15, 0.2) is 11.2 Å². The number of ether oxygens (including phenoxy) is 1. The average Bonchev–Trinajstić information content (AvgIpc) is 3.03. The Balaban J connectivity index is 1.83. The molecule has 1 unspecified atom stereocenters. The first-order valence-corrected chi connectivity index (χ1v) is 8.74. The molecule has 2 aromatic rings. The van der Waals surface area contributed by atoms with E-state index in [4.69, 9.17) is 20.3 Å². The van der Waals surface area contributed by atoms with Crippen molar-refractivity contribution in [1.29, 1.82) is 0 Å². The molecule has 12 heteroatoms. The quantitative estimate of drug-likeness (QED) is 0.401. The molecule has 1 saturated heterocycles. The van der Waals surface area contributed by atoms with Crippen LogP contribution in [0.3, 0.4) is 0 Å². The van der Waals surface area contributed by atoms with Crippen LogP contribution in [0, 0.1) is 0 Å². The number of hydrogen-bond acceptors (Lipinski definition) is 7. The van der Waals surface area contributed by atoms with E-state index < -0.39 is 13.2 Å². The van der Waals surface area contributed by atoms with E-state index in [2.05, 4.69) is 20.3 Å². The number of H-pyrrole nitrogens is 1. The molecule has 3 rings (SSSR count). The van der Waals surface area contributed by atoms with Crippen molar-refractivity contribution in [1.82, 2.24) is 24.8 Å². The highest BCUT2D eigenvalue weighted by Gasteiger charge is 2.31. The Morgan fingerprint density at radius 1 is 1.48 bits per heavy atom. The van der Waals surface area contributed by atoms with Crippen LogP contribution in [0.2, 0.25) is 0 Å². The largest absolute Gasteiger partial charge is 0.374 e. The van der Waals surface area contributed by atoms with Gasteiger partial charge in [-0.2, -0.15) is 4.98 Å². The third kappa shape index (κ3) is 3.43. The van der Waals surface area contributed by atoms with Crippen molar-refractivity contribution >= 4 is 24.7 Å². The van der Waals surface area contributed by atoms with Gasteiger partial charge in [0.2, 0.25) is 5.95 Å². The summed E-state index contributed by atoms with van der Waals surface area (Å²) >= 11 is 0. The second-order valence-electron chi connectivity index (χ2n) is 5.30. The first-order valence-electron chi connectivity index (χ1n) is 6.94. The number of nitrogens with one attached hydrogen (secondary N) is 2. The predicted molar refractivity (Wildman–Crippen MR) is 81.1 cm³/mol. The molecule has 0 spiro atoms. The molecular weight excluding hydrogens is 327 g/mol. The third-order valence-electron chi connectivity index (χ3n) is 3.65. The van der Waals surface area contributed by atoms with Crippen LogP contribution >= 0.6 is 7.60 Å². The van der Waals surface area contributed by atoms with Crippen LogP contribution in [0.5, 0.6) is 0 Å². The van der Waals surface area contributed by atoms with E-state index in [-0.39, 0.29) is 36.4 Å². The molecule has 3 heterocycles. The van der Waals surface area contributed by atoms with Crippen molar-refractivity contribution in [3.05, 3.63) is 16.7 Å². The SMILES string of the molecule is Nc1nc2c(ncn2C2CNC[C@H]2OCCP(=O)(O)O)c(=O)[nH]1.